The van der Waals surface area contributed by atoms with Crippen LogP contribution in [0.15, 0.2) is 41.7 Å². The molecule has 7 heteroatoms. The van der Waals surface area contributed by atoms with Gasteiger partial charge in [-0.2, -0.15) is 0 Å². The summed E-state index contributed by atoms with van der Waals surface area (Å²) in [5, 5.41) is 5.79. The summed E-state index contributed by atoms with van der Waals surface area (Å²) in [7, 11) is 1.91. The molecule has 1 aromatic carbocycles. The van der Waals surface area contributed by atoms with Crippen molar-refractivity contribution in [2.75, 3.05) is 5.75 Å². The van der Waals surface area contributed by atoms with Crippen molar-refractivity contribution in [1.29, 1.82) is 0 Å². The van der Waals surface area contributed by atoms with Gasteiger partial charge in [0.1, 0.15) is 0 Å². The van der Waals surface area contributed by atoms with Crippen LogP contribution in [0, 0.1) is 0 Å². The molecule has 2 aromatic rings. The zero-order chi connectivity index (χ0) is 16.2. The van der Waals surface area contributed by atoms with Gasteiger partial charge in [-0.05, 0) is 18.4 Å². The third-order valence-electron chi connectivity index (χ3n) is 3.51. The molecule has 1 aliphatic carbocycles. The Hall–Kier alpha value is -2.28. The van der Waals surface area contributed by atoms with Crippen LogP contribution in [0.1, 0.15) is 12.8 Å². The number of hydrogen-bond donors (Lipinski definition) is 2. The summed E-state index contributed by atoms with van der Waals surface area (Å²) in [5.74, 6) is -0.172. The number of urea groups is 1. The predicted molar refractivity (Wildman–Crippen MR) is 89.1 cm³/mol. The predicted octanol–water partition coefficient (Wildman–Crippen LogP) is 2.17. The quantitative estimate of drug-likeness (QED) is 0.824. The fourth-order valence-electron chi connectivity index (χ4n) is 2.15. The Morgan fingerprint density at radius 1 is 1.30 bits per heavy atom. The van der Waals surface area contributed by atoms with Crippen molar-refractivity contribution in [2.24, 2.45) is 7.05 Å². The van der Waals surface area contributed by atoms with Gasteiger partial charge in [-0.15, -0.1) is 0 Å². The minimum Gasteiger partial charge on any atom is -0.335 e. The van der Waals surface area contributed by atoms with Gasteiger partial charge >= 0.3 is 6.03 Å². The molecule has 3 rings (SSSR count). The highest BCUT2D eigenvalue weighted by Crippen LogP contribution is 2.24. The van der Waals surface area contributed by atoms with Gasteiger partial charge < -0.3 is 9.88 Å². The molecule has 0 bridgehead atoms. The monoisotopic (exact) mass is 330 g/mol. The summed E-state index contributed by atoms with van der Waals surface area (Å²) in [6.07, 6.45) is 3.77. The zero-order valence-corrected chi connectivity index (χ0v) is 13.6. The van der Waals surface area contributed by atoms with Gasteiger partial charge in [-0.25, -0.2) is 9.78 Å². The van der Waals surface area contributed by atoms with Gasteiger partial charge in [-0.3, -0.25) is 10.1 Å². The van der Waals surface area contributed by atoms with E-state index in [0.717, 1.165) is 29.3 Å². The van der Waals surface area contributed by atoms with Crippen LogP contribution in [0.3, 0.4) is 0 Å². The maximum Gasteiger partial charge on any atom is 0.321 e. The van der Waals surface area contributed by atoms with Crippen molar-refractivity contribution in [1.82, 2.24) is 20.2 Å². The SMILES string of the molecule is Cn1c(-c2ccccc2)cnc1SCC(=O)NC(=O)NC1CC1. The van der Waals surface area contributed by atoms with E-state index in [4.69, 9.17) is 0 Å². The number of carbonyl (C=O) groups excluding carboxylic acids is 2. The lowest BCUT2D eigenvalue weighted by Gasteiger charge is -2.07. The van der Waals surface area contributed by atoms with E-state index < -0.39 is 6.03 Å². The number of imide groups is 1. The number of nitrogens with zero attached hydrogens (tertiary/aromatic N) is 2. The second-order valence-corrected chi connectivity index (χ2v) is 6.38. The topological polar surface area (TPSA) is 76.0 Å². The highest BCUT2D eigenvalue weighted by molar-refractivity contribution is 7.99. The molecule has 0 unspecified atom stereocenters. The first kappa shape index (κ1) is 15.6. The van der Waals surface area contributed by atoms with Crippen LogP contribution < -0.4 is 10.6 Å². The number of aromatic nitrogens is 2. The number of carbonyl (C=O) groups is 2. The fraction of sp³-hybridized carbons (Fsp3) is 0.312. The van der Waals surface area contributed by atoms with Crippen LogP contribution >= 0.6 is 11.8 Å². The van der Waals surface area contributed by atoms with Crippen molar-refractivity contribution in [2.45, 2.75) is 24.0 Å². The van der Waals surface area contributed by atoms with Crippen molar-refractivity contribution in [3.63, 3.8) is 0 Å². The summed E-state index contributed by atoms with van der Waals surface area (Å²) in [6.45, 7) is 0. The Bertz CT molecular complexity index is 710. The largest absolute Gasteiger partial charge is 0.335 e. The van der Waals surface area contributed by atoms with Crippen LogP contribution in [-0.4, -0.2) is 33.3 Å². The molecule has 2 N–H and O–H groups in total. The number of imidazole rings is 1. The Morgan fingerprint density at radius 2 is 2.04 bits per heavy atom. The number of hydrogen-bond acceptors (Lipinski definition) is 4. The third kappa shape index (κ3) is 4.13. The molecule has 120 valence electrons. The van der Waals surface area contributed by atoms with E-state index in [9.17, 15) is 9.59 Å². The number of nitrogens with one attached hydrogen (secondary N) is 2. The molecule has 0 spiro atoms. The van der Waals surface area contributed by atoms with E-state index in [1.54, 1.807) is 6.20 Å². The molecule has 6 nitrogen and oxygen atoms in total. The van der Waals surface area contributed by atoms with Crippen LogP contribution in [0.4, 0.5) is 4.79 Å². The molecule has 1 saturated carbocycles. The summed E-state index contributed by atoms with van der Waals surface area (Å²) in [5.41, 5.74) is 2.06. The maximum atomic E-state index is 11.8. The molecule has 3 amide bonds. The lowest BCUT2D eigenvalue weighted by molar-refractivity contribution is -0.117. The van der Waals surface area contributed by atoms with Gasteiger partial charge in [-0.1, -0.05) is 42.1 Å². The Labute approximate surface area is 138 Å². The van der Waals surface area contributed by atoms with Crippen LogP contribution in [-0.2, 0) is 11.8 Å². The molecule has 0 atom stereocenters. The number of thioether (sulfide) groups is 1. The van der Waals surface area contributed by atoms with Gasteiger partial charge in [0.15, 0.2) is 5.16 Å². The number of rotatable bonds is 5. The van der Waals surface area contributed by atoms with Crippen molar-refractivity contribution < 1.29 is 9.59 Å². The van der Waals surface area contributed by atoms with Gasteiger partial charge in [0.05, 0.1) is 17.6 Å². The second kappa shape index (κ2) is 6.87. The number of benzene rings is 1. The standard InChI is InChI=1S/C16H18N4O2S/c1-20-13(11-5-3-2-4-6-11)9-17-16(20)23-10-14(21)19-15(22)18-12-7-8-12/h2-6,9,12H,7-8,10H2,1H3,(H2,18,19,21,22). The molecule has 0 aliphatic heterocycles. The lowest BCUT2D eigenvalue weighted by atomic mass is 10.2. The minimum atomic E-state index is -0.414. The molecule has 0 saturated heterocycles. The van der Waals surface area contributed by atoms with E-state index in [1.807, 2.05) is 41.9 Å². The molecule has 1 aromatic heterocycles. The van der Waals surface area contributed by atoms with Crippen molar-refractivity contribution in [3.05, 3.63) is 36.5 Å². The molecular formula is C16H18N4O2S. The normalized spacial score (nSPS) is 13.6. The average molecular weight is 330 g/mol. The zero-order valence-electron chi connectivity index (χ0n) is 12.8. The van der Waals surface area contributed by atoms with Gasteiger partial charge in [0.25, 0.3) is 0 Å². The Kier molecular flexibility index (Phi) is 4.66. The van der Waals surface area contributed by atoms with Gasteiger partial charge in [0.2, 0.25) is 5.91 Å². The lowest BCUT2D eigenvalue weighted by Crippen LogP contribution is -2.41. The molecule has 1 heterocycles. The highest BCUT2D eigenvalue weighted by Gasteiger charge is 2.24. The molecule has 0 radical (unpaired) electrons. The van der Waals surface area contributed by atoms with Crippen molar-refractivity contribution in [3.8, 4) is 11.3 Å². The summed E-state index contributed by atoms with van der Waals surface area (Å²) in [4.78, 5) is 27.6. The van der Waals surface area contributed by atoms with E-state index >= 15 is 0 Å². The minimum absolute atomic E-state index is 0.150. The van der Waals surface area contributed by atoms with Crippen LogP contribution in [0.5, 0.6) is 0 Å². The molecular weight excluding hydrogens is 312 g/mol. The van der Waals surface area contributed by atoms with Gasteiger partial charge in [0, 0.05) is 13.1 Å². The van der Waals surface area contributed by atoms with E-state index in [2.05, 4.69) is 15.6 Å². The third-order valence-corrected chi connectivity index (χ3v) is 4.56. The van der Waals surface area contributed by atoms with Crippen LogP contribution in [0.2, 0.25) is 0 Å². The molecule has 1 aliphatic rings. The van der Waals surface area contributed by atoms with Crippen LogP contribution in [0.25, 0.3) is 11.3 Å². The Balaban J connectivity index is 1.55. The Morgan fingerprint density at radius 3 is 2.74 bits per heavy atom. The first-order chi connectivity index (χ1) is 11.1. The smallest absolute Gasteiger partial charge is 0.321 e. The maximum absolute atomic E-state index is 11.8. The van der Waals surface area contributed by atoms with Crippen molar-refractivity contribution >= 4 is 23.7 Å². The first-order valence-corrected chi connectivity index (χ1v) is 8.42. The summed E-state index contributed by atoms with van der Waals surface area (Å²) < 4.78 is 1.94. The average Bonchev–Trinajstić information content (AvgIpc) is 3.27. The first-order valence-electron chi connectivity index (χ1n) is 7.44. The fourth-order valence-corrected chi connectivity index (χ4v) is 2.90. The number of amides is 3. The second-order valence-electron chi connectivity index (χ2n) is 5.44. The summed E-state index contributed by atoms with van der Waals surface area (Å²) in [6, 6.07) is 9.76. The highest BCUT2D eigenvalue weighted by atomic mass is 32.2. The molecule has 23 heavy (non-hydrogen) atoms. The van der Waals surface area contributed by atoms with E-state index in [0.29, 0.717) is 0 Å². The van der Waals surface area contributed by atoms with E-state index in [-0.39, 0.29) is 17.7 Å². The van der Waals surface area contributed by atoms with E-state index in [1.165, 1.54) is 11.8 Å². The molecule has 1 fully saturated rings. The summed E-state index contributed by atoms with van der Waals surface area (Å²) >= 11 is 1.31.